The summed E-state index contributed by atoms with van der Waals surface area (Å²) in [6.45, 7) is 8.97. The second-order valence-electron chi connectivity index (χ2n) is 4.50. The first-order chi connectivity index (χ1) is 9.02. The number of hydrogen-bond acceptors (Lipinski definition) is 4. The zero-order valence-electron chi connectivity index (χ0n) is 11.6. The van der Waals surface area contributed by atoms with Crippen LogP contribution >= 0.6 is 22.6 Å². The molecule has 19 heavy (non-hydrogen) atoms. The van der Waals surface area contributed by atoms with Crippen molar-refractivity contribution >= 4 is 28.4 Å². The quantitative estimate of drug-likeness (QED) is 0.843. The minimum Gasteiger partial charge on any atom is -0.369 e. The molecule has 0 bridgehead atoms. The van der Waals surface area contributed by atoms with Crippen molar-refractivity contribution in [2.45, 2.75) is 27.7 Å². The summed E-state index contributed by atoms with van der Waals surface area (Å²) in [5.41, 5.74) is 4.08. The van der Waals surface area contributed by atoms with Crippen LogP contribution < -0.4 is 5.32 Å². The van der Waals surface area contributed by atoms with Crippen molar-refractivity contribution in [1.82, 2.24) is 15.0 Å². The maximum atomic E-state index is 4.59. The SMILES string of the molecule is CCNc1nc(-c2ncc(C)cc2C)nc(C)c1I. The molecule has 0 spiro atoms. The molecule has 2 heterocycles. The first kappa shape index (κ1) is 14.2. The Hall–Kier alpha value is -1.24. The van der Waals surface area contributed by atoms with Crippen LogP contribution in [-0.4, -0.2) is 21.5 Å². The van der Waals surface area contributed by atoms with Gasteiger partial charge in [-0.3, -0.25) is 4.98 Å². The molecule has 0 unspecified atom stereocenters. The molecule has 0 aromatic carbocycles. The molecule has 2 aromatic rings. The van der Waals surface area contributed by atoms with Crippen molar-refractivity contribution in [2.75, 3.05) is 11.9 Å². The van der Waals surface area contributed by atoms with E-state index in [2.05, 4.69) is 55.8 Å². The predicted molar refractivity (Wildman–Crippen MR) is 86.4 cm³/mol. The molecule has 1 N–H and O–H groups in total. The monoisotopic (exact) mass is 368 g/mol. The van der Waals surface area contributed by atoms with Gasteiger partial charge in [-0.25, -0.2) is 9.97 Å². The Morgan fingerprint density at radius 3 is 2.58 bits per heavy atom. The normalized spacial score (nSPS) is 10.6. The Bertz CT molecular complexity index is 611. The Morgan fingerprint density at radius 1 is 1.21 bits per heavy atom. The largest absolute Gasteiger partial charge is 0.369 e. The number of nitrogens with one attached hydrogen (secondary N) is 1. The highest BCUT2D eigenvalue weighted by atomic mass is 127. The minimum atomic E-state index is 0.686. The van der Waals surface area contributed by atoms with Gasteiger partial charge in [-0.1, -0.05) is 6.07 Å². The molecule has 2 aromatic heterocycles. The maximum Gasteiger partial charge on any atom is 0.180 e. The van der Waals surface area contributed by atoms with E-state index in [0.29, 0.717) is 5.82 Å². The van der Waals surface area contributed by atoms with Gasteiger partial charge in [-0.05, 0) is 61.4 Å². The van der Waals surface area contributed by atoms with Gasteiger partial charge >= 0.3 is 0 Å². The molecule has 0 amide bonds. The van der Waals surface area contributed by atoms with Gasteiger partial charge < -0.3 is 5.32 Å². The van der Waals surface area contributed by atoms with Crippen LogP contribution in [0.2, 0.25) is 0 Å². The minimum absolute atomic E-state index is 0.686. The Balaban J connectivity index is 2.56. The van der Waals surface area contributed by atoms with Gasteiger partial charge in [0.2, 0.25) is 0 Å². The van der Waals surface area contributed by atoms with Crippen LogP contribution in [0.4, 0.5) is 5.82 Å². The standard InChI is InChI=1S/C14H17IN4/c1-5-16-13-11(15)10(4)18-14(19-13)12-9(3)6-8(2)7-17-12/h6-7H,5H2,1-4H3,(H,16,18,19). The summed E-state index contributed by atoms with van der Waals surface area (Å²) < 4.78 is 1.06. The first-order valence-electron chi connectivity index (χ1n) is 6.24. The second kappa shape index (κ2) is 5.81. The van der Waals surface area contributed by atoms with Crippen molar-refractivity contribution in [3.05, 3.63) is 32.7 Å². The van der Waals surface area contributed by atoms with Gasteiger partial charge in [0.15, 0.2) is 5.82 Å². The fourth-order valence-electron chi connectivity index (χ4n) is 1.90. The Kier molecular flexibility index (Phi) is 4.34. The van der Waals surface area contributed by atoms with Crippen LogP contribution in [0.25, 0.3) is 11.5 Å². The Morgan fingerprint density at radius 2 is 1.95 bits per heavy atom. The molecule has 0 aliphatic heterocycles. The fourth-order valence-corrected chi connectivity index (χ4v) is 2.33. The first-order valence-corrected chi connectivity index (χ1v) is 7.32. The summed E-state index contributed by atoms with van der Waals surface area (Å²) in [6, 6.07) is 2.10. The molecule has 0 atom stereocenters. The summed E-state index contributed by atoms with van der Waals surface area (Å²) in [5, 5.41) is 3.27. The molecule has 0 aliphatic carbocycles. The highest BCUT2D eigenvalue weighted by Crippen LogP contribution is 2.24. The lowest BCUT2D eigenvalue weighted by atomic mass is 10.1. The molecule has 0 saturated heterocycles. The van der Waals surface area contributed by atoms with Crippen molar-refractivity contribution in [1.29, 1.82) is 0 Å². The fraction of sp³-hybridized carbons (Fsp3) is 0.357. The molecule has 4 nitrogen and oxygen atoms in total. The van der Waals surface area contributed by atoms with Crippen LogP contribution in [0.5, 0.6) is 0 Å². The van der Waals surface area contributed by atoms with Crippen molar-refractivity contribution in [3.63, 3.8) is 0 Å². The molecule has 0 radical (unpaired) electrons. The third kappa shape index (κ3) is 3.02. The van der Waals surface area contributed by atoms with Gasteiger partial charge in [0, 0.05) is 12.7 Å². The Labute approximate surface area is 127 Å². The van der Waals surface area contributed by atoms with E-state index in [4.69, 9.17) is 0 Å². The van der Waals surface area contributed by atoms with Crippen molar-refractivity contribution < 1.29 is 0 Å². The average Bonchev–Trinajstić information content (AvgIpc) is 2.35. The summed E-state index contributed by atoms with van der Waals surface area (Å²) in [5.74, 6) is 1.57. The summed E-state index contributed by atoms with van der Waals surface area (Å²) in [7, 11) is 0. The van der Waals surface area contributed by atoms with Crippen LogP contribution in [-0.2, 0) is 0 Å². The maximum absolute atomic E-state index is 4.59. The molecular formula is C14H17IN4. The lowest BCUT2D eigenvalue weighted by Gasteiger charge is -2.11. The van der Waals surface area contributed by atoms with E-state index in [9.17, 15) is 0 Å². The number of aryl methyl sites for hydroxylation is 3. The molecule has 0 aliphatic rings. The third-order valence-electron chi connectivity index (χ3n) is 2.79. The van der Waals surface area contributed by atoms with E-state index in [1.165, 1.54) is 0 Å². The predicted octanol–water partition coefficient (Wildman–Crippen LogP) is 3.50. The smallest absolute Gasteiger partial charge is 0.180 e. The average molecular weight is 368 g/mol. The molecule has 0 fully saturated rings. The van der Waals surface area contributed by atoms with Crippen molar-refractivity contribution in [3.8, 4) is 11.5 Å². The molecule has 100 valence electrons. The molecule has 0 saturated carbocycles. The topological polar surface area (TPSA) is 50.7 Å². The van der Waals surface area contributed by atoms with E-state index in [1.54, 1.807) is 0 Å². The van der Waals surface area contributed by atoms with E-state index < -0.39 is 0 Å². The zero-order valence-corrected chi connectivity index (χ0v) is 13.7. The number of hydrogen-bond donors (Lipinski definition) is 1. The number of nitrogens with zero attached hydrogens (tertiary/aromatic N) is 3. The molecular weight excluding hydrogens is 351 g/mol. The lowest BCUT2D eigenvalue weighted by molar-refractivity contribution is 1.04. The van der Waals surface area contributed by atoms with E-state index in [0.717, 1.165) is 38.4 Å². The lowest BCUT2D eigenvalue weighted by Crippen LogP contribution is -2.07. The van der Waals surface area contributed by atoms with Crippen molar-refractivity contribution in [2.24, 2.45) is 0 Å². The molecule has 2 rings (SSSR count). The van der Waals surface area contributed by atoms with Gasteiger partial charge in [-0.2, -0.15) is 0 Å². The van der Waals surface area contributed by atoms with Crippen LogP contribution in [0.3, 0.4) is 0 Å². The van der Waals surface area contributed by atoms with Crippen LogP contribution in [0.15, 0.2) is 12.3 Å². The van der Waals surface area contributed by atoms with Crippen LogP contribution in [0, 0.1) is 24.3 Å². The highest BCUT2D eigenvalue weighted by Gasteiger charge is 2.13. The molecule has 5 heteroatoms. The van der Waals surface area contributed by atoms with Gasteiger partial charge in [0.1, 0.15) is 11.5 Å². The second-order valence-corrected chi connectivity index (χ2v) is 5.58. The summed E-state index contributed by atoms with van der Waals surface area (Å²) in [6.07, 6.45) is 1.85. The van der Waals surface area contributed by atoms with E-state index >= 15 is 0 Å². The summed E-state index contributed by atoms with van der Waals surface area (Å²) in [4.78, 5) is 13.6. The number of rotatable bonds is 3. The zero-order chi connectivity index (χ0) is 14.0. The number of aromatic nitrogens is 3. The van der Waals surface area contributed by atoms with Gasteiger partial charge in [0.25, 0.3) is 0 Å². The number of halogens is 1. The van der Waals surface area contributed by atoms with Crippen LogP contribution in [0.1, 0.15) is 23.7 Å². The third-order valence-corrected chi connectivity index (χ3v) is 4.08. The van der Waals surface area contributed by atoms with E-state index in [1.807, 2.05) is 27.0 Å². The van der Waals surface area contributed by atoms with Gasteiger partial charge in [0.05, 0.1) is 9.26 Å². The number of anilines is 1. The van der Waals surface area contributed by atoms with Gasteiger partial charge in [-0.15, -0.1) is 0 Å². The number of pyridine rings is 1. The summed E-state index contributed by atoms with van der Waals surface area (Å²) >= 11 is 2.27. The highest BCUT2D eigenvalue weighted by molar-refractivity contribution is 14.1. The van der Waals surface area contributed by atoms with E-state index in [-0.39, 0.29) is 0 Å².